The Hall–Kier alpha value is -1.81. The van der Waals surface area contributed by atoms with E-state index in [2.05, 4.69) is 38.7 Å². The Kier molecular flexibility index (Phi) is 3.19. The number of aromatic nitrogens is 1. The highest BCUT2D eigenvalue weighted by Gasteiger charge is 2.27. The minimum atomic E-state index is 0.628. The molecule has 1 unspecified atom stereocenters. The maximum Gasteiger partial charge on any atom is 0.133 e. The van der Waals surface area contributed by atoms with E-state index in [4.69, 9.17) is 0 Å². The van der Waals surface area contributed by atoms with Gasteiger partial charge in [0, 0.05) is 48.8 Å². The number of benzene rings is 1. The third-order valence-corrected chi connectivity index (χ3v) is 4.85. The van der Waals surface area contributed by atoms with Gasteiger partial charge in [-0.1, -0.05) is 12.1 Å². The van der Waals surface area contributed by atoms with Gasteiger partial charge in [0.25, 0.3) is 0 Å². The Morgan fingerprint density at radius 3 is 3.14 bits per heavy atom. The van der Waals surface area contributed by atoms with Crippen LogP contribution >= 0.6 is 0 Å². The van der Waals surface area contributed by atoms with E-state index in [1.807, 2.05) is 13.2 Å². The fraction of sp³-hybridized carbons (Fsp3) is 0.471. The van der Waals surface area contributed by atoms with Gasteiger partial charge in [0.1, 0.15) is 5.82 Å². The summed E-state index contributed by atoms with van der Waals surface area (Å²) in [5, 5.41) is 9.42. The Balaban J connectivity index is 1.85. The van der Waals surface area contributed by atoms with E-state index in [9.17, 15) is 0 Å². The first-order valence-electron chi connectivity index (χ1n) is 7.94. The molecule has 4 nitrogen and oxygen atoms in total. The molecule has 0 bridgehead atoms. The molecule has 0 saturated carbocycles. The highest BCUT2D eigenvalue weighted by Crippen LogP contribution is 2.37. The highest BCUT2D eigenvalue weighted by molar-refractivity contribution is 6.03. The van der Waals surface area contributed by atoms with Crippen molar-refractivity contribution in [2.75, 3.05) is 36.9 Å². The van der Waals surface area contributed by atoms with Crippen LogP contribution in [0.1, 0.15) is 18.4 Å². The maximum atomic E-state index is 4.57. The lowest BCUT2D eigenvalue weighted by Gasteiger charge is -2.39. The van der Waals surface area contributed by atoms with Gasteiger partial charge in [0.05, 0.1) is 0 Å². The predicted molar refractivity (Wildman–Crippen MR) is 88.2 cm³/mol. The van der Waals surface area contributed by atoms with E-state index in [0.29, 0.717) is 6.04 Å². The van der Waals surface area contributed by atoms with E-state index in [-0.39, 0.29) is 0 Å². The van der Waals surface area contributed by atoms with Crippen molar-refractivity contribution in [2.45, 2.75) is 25.3 Å². The topological polar surface area (TPSA) is 40.2 Å². The molecule has 2 aromatic rings. The molecule has 0 aliphatic carbocycles. The van der Waals surface area contributed by atoms with Crippen molar-refractivity contribution in [3.8, 4) is 0 Å². The second kappa shape index (κ2) is 5.19. The molecule has 2 N–H and O–H groups in total. The lowest BCUT2D eigenvalue weighted by molar-refractivity contribution is 0.431. The van der Waals surface area contributed by atoms with Crippen LogP contribution in [0.25, 0.3) is 10.8 Å². The van der Waals surface area contributed by atoms with Crippen molar-refractivity contribution in [3.63, 3.8) is 0 Å². The van der Waals surface area contributed by atoms with Gasteiger partial charge in [-0.15, -0.1) is 0 Å². The first-order chi connectivity index (χ1) is 10.4. The lowest BCUT2D eigenvalue weighted by Crippen LogP contribution is -2.48. The third-order valence-electron chi connectivity index (χ3n) is 4.85. The maximum absolute atomic E-state index is 4.57. The van der Waals surface area contributed by atoms with Gasteiger partial charge in [-0.25, -0.2) is 4.98 Å². The van der Waals surface area contributed by atoms with Crippen molar-refractivity contribution < 1.29 is 0 Å². The number of pyridine rings is 1. The monoisotopic (exact) mass is 282 g/mol. The second-order valence-electron chi connectivity index (χ2n) is 6.03. The SMILES string of the molecule is CNc1ncc2c3c(cccc13)N(C1CCCNC1)CC2. The molecule has 110 valence electrons. The quantitative estimate of drug-likeness (QED) is 0.887. The molecule has 2 aliphatic rings. The molecule has 0 amide bonds. The van der Waals surface area contributed by atoms with Gasteiger partial charge < -0.3 is 15.5 Å². The Morgan fingerprint density at radius 1 is 1.38 bits per heavy atom. The van der Waals surface area contributed by atoms with E-state index in [1.165, 1.54) is 41.4 Å². The number of anilines is 2. The number of piperidine rings is 1. The summed E-state index contributed by atoms with van der Waals surface area (Å²) < 4.78 is 0. The van der Waals surface area contributed by atoms with Gasteiger partial charge in [0.15, 0.2) is 0 Å². The Bertz CT molecular complexity index is 661. The molecular weight excluding hydrogens is 260 g/mol. The molecule has 1 fully saturated rings. The van der Waals surface area contributed by atoms with Crippen molar-refractivity contribution in [1.29, 1.82) is 0 Å². The first kappa shape index (κ1) is 12.9. The summed E-state index contributed by atoms with van der Waals surface area (Å²) in [5.74, 6) is 0.985. The van der Waals surface area contributed by atoms with Crippen LogP contribution in [-0.2, 0) is 6.42 Å². The van der Waals surface area contributed by atoms with Gasteiger partial charge in [0.2, 0.25) is 0 Å². The standard InChI is InChI=1S/C17H22N4/c1-18-17-14-5-2-6-15-16(14)12(10-20-17)7-9-21(15)13-4-3-8-19-11-13/h2,5-6,10,13,19H,3-4,7-9,11H2,1H3,(H,18,20). The smallest absolute Gasteiger partial charge is 0.133 e. The van der Waals surface area contributed by atoms with Crippen LogP contribution in [-0.4, -0.2) is 37.7 Å². The number of rotatable bonds is 2. The minimum Gasteiger partial charge on any atom is -0.373 e. The van der Waals surface area contributed by atoms with E-state index in [1.54, 1.807) is 0 Å². The number of nitrogens with zero attached hydrogens (tertiary/aromatic N) is 2. The van der Waals surface area contributed by atoms with Crippen molar-refractivity contribution in [2.24, 2.45) is 0 Å². The molecule has 1 aromatic heterocycles. The zero-order valence-corrected chi connectivity index (χ0v) is 12.5. The normalized spacial score (nSPS) is 21.6. The van der Waals surface area contributed by atoms with Gasteiger partial charge in [-0.3, -0.25) is 0 Å². The molecular formula is C17H22N4. The van der Waals surface area contributed by atoms with Crippen LogP contribution < -0.4 is 15.5 Å². The van der Waals surface area contributed by atoms with E-state index in [0.717, 1.165) is 25.3 Å². The third kappa shape index (κ3) is 2.05. The zero-order valence-electron chi connectivity index (χ0n) is 12.5. The summed E-state index contributed by atoms with van der Waals surface area (Å²) in [4.78, 5) is 7.18. The summed E-state index contributed by atoms with van der Waals surface area (Å²) >= 11 is 0. The minimum absolute atomic E-state index is 0.628. The molecule has 1 saturated heterocycles. The molecule has 1 atom stereocenters. The van der Waals surface area contributed by atoms with Gasteiger partial charge in [-0.05, 0) is 37.4 Å². The fourth-order valence-corrected chi connectivity index (χ4v) is 3.82. The number of hydrogen-bond donors (Lipinski definition) is 2. The average molecular weight is 282 g/mol. The van der Waals surface area contributed by atoms with E-state index >= 15 is 0 Å². The molecule has 1 aromatic carbocycles. The van der Waals surface area contributed by atoms with Crippen molar-refractivity contribution in [3.05, 3.63) is 30.0 Å². The molecule has 4 heteroatoms. The summed E-state index contributed by atoms with van der Waals surface area (Å²) in [6, 6.07) is 7.25. The molecule has 4 rings (SSSR count). The second-order valence-corrected chi connectivity index (χ2v) is 6.03. The zero-order chi connectivity index (χ0) is 14.2. The Labute approximate surface area is 125 Å². The van der Waals surface area contributed by atoms with Crippen molar-refractivity contribution in [1.82, 2.24) is 10.3 Å². The van der Waals surface area contributed by atoms with Crippen LogP contribution in [0.5, 0.6) is 0 Å². The summed E-state index contributed by atoms with van der Waals surface area (Å²) in [5.41, 5.74) is 2.78. The number of nitrogens with one attached hydrogen (secondary N) is 2. The van der Waals surface area contributed by atoms with Crippen LogP contribution in [0.3, 0.4) is 0 Å². The molecule has 3 heterocycles. The van der Waals surface area contributed by atoms with Gasteiger partial charge in [-0.2, -0.15) is 0 Å². The molecule has 2 aliphatic heterocycles. The van der Waals surface area contributed by atoms with Crippen LogP contribution in [0, 0.1) is 0 Å². The summed E-state index contributed by atoms with van der Waals surface area (Å²) in [6.45, 7) is 3.38. The van der Waals surface area contributed by atoms with Crippen LogP contribution in [0.15, 0.2) is 24.4 Å². The average Bonchev–Trinajstić information content (AvgIpc) is 2.56. The molecule has 0 spiro atoms. The van der Waals surface area contributed by atoms with E-state index < -0.39 is 0 Å². The van der Waals surface area contributed by atoms with Crippen LogP contribution in [0.4, 0.5) is 11.5 Å². The largest absolute Gasteiger partial charge is 0.373 e. The molecule has 0 radical (unpaired) electrons. The molecule has 21 heavy (non-hydrogen) atoms. The fourth-order valence-electron chi connectivity index (χ4n) is 3.82. The number of hydrogen-bond acceptors (Lipinski definition) is 4. The summed E-state index contributed by atoms with van der Waals surface area (Å²) in [6.07, 6.45) is 5.72. The Morgan fingerprint density at radius 2 is 2.33 bits per heavy atom. The predicted octanol–water partition coefficient (Wildman–Crippen LogP) is 2.39. The van der Waals surface area contributed by atoms with Crippen LogP contribution in [0.2, 0.25) is 0 Å². The lowest BCUT2D eigenvalue weighted by atomic mass is 9.95. The highest BCUT2D eigenvalue weighted by atomic mass is 15.2. The first-order valence-corrected chi connectivity index (χ1v) is 7.94. The van der Waals surface area contributed by atoms with Crippen molar-refractivity contribution >= 4 is 22.3 Å². The summed E-state index contributed by atoms with van der Waals surface area (Å²) in [7, 11) is 1.95. The van der Waals surface area contributed by atoms with Gasteiger partial charge >= 0.3 is 0 Å².